The van der Waals surface area contributed by atoms with E-state index in [9.17, 15) is 0 Å². The van der Waals surface area contributed by atoms with Gasteiger partial charge in [0.1, 0.15) is 0 Å². The summed E-state index contributed by atoms with van der Waals surface area (Å²) in [5.74, 6) is 0.795. The summed E-state index contributed by atoms with van der Waals surface area (Å²) >= 11 is 0. The average molecular weight is 243 g/mol. The Labute approximate surface area is 106 Å². The van der Waals surface area contributed by atoms with Crippen molar-refractivity contribution in [3.63, 3.8) is 0 Å². The van der Waals surface area contributed by atoms with Crippen molar-refractivity contribution in [2.45, 2.75) is 34.1 Å². The first-order chi connectivity index (χ1) is 7.94. The summed E-state index contributed by atoms with van der Waals surface area (Å²) in [6.07, 6.45) is 0.985. The van der Waals surface area contributed by atoms with Crippen molar-refractivity contribution < 1.29 is 9.47 Å². The van der Waals surface area contributed by atoms with E-state index in [4.69, 9.17) is 9.47 Å². The summed E-state index contributed by atoms with van der Waals surface area (Å²) in [7, 11) is 1.72. The van der Waals surface area contributed by atoms with Gasteiger partial charge in [-0.1, -0.05) is 27.7 Å². The zero-order valence-electron chi connectivity index (χ0n) is 12.1. The van der Waals surface area contributed by atoms with Gasteiger partial charge in [-0.15, -0.1) is 0 Å². The highest BCUT2D eigenvalue weighted by Crippen LogP contribution is 2.67. The Balaban J connectivity index is 1.93. The number of methoxy groups -OCH3 is 1. The van der Waals surface area contributed by atoms with Crippen molar-refractivity contribution >= 4 is 0 Å². The second-order valence-electron chi connectivity index (χ2n) is 6.16. The van der Waals surface area contributed by atoms with Gasteiger partial charge in [-0.2, -0.15) is 0 Å². The molecule has 0 atom stereocenters. The molecule has 1 aliphatic rings. The zero-order chi connectivity index (χ0) is 12.9. The maximum atomic E-state index is 5.50. The standard InChI is InChI=1S/C14H29NO2/c1-13(2)12(14(13,3)4)11-15-7-10-17-9-6-8-16-5/h12,15H,6-11H2,1-5H3. The van der Waals surface area contributed by atoms with E-state index in [1.807, 2.05) is 0 Å². The van der Waals surface area contributed by atoms with Crippen LogP contribution in [-0.4, -0.2) is 40.0 Å². The molecule has 0 aromatic carbocycles. The minimum Gasteiger partial charge on any atom is -0.385 e. The number of rotatable bonds is 9. The van der Waals surface area contributed by atoms with Gasteiger partial charge in [0.2, 0.25) is 0 Å². The molecule has 17 heavy (non-hydrogen) atoms. The van der Waals surface area contributed by atoms with Crippen LogP contribution in [0.5, 0.6) is 0 Å². The van der Waals surface area contributed by atoms with Crippen molar-refractivity contribution in [2.24, 2.45) is 16.7 Å². The van der Waals surface area contributed by atoms with Crippen molar-refractivity contribution in [1.29, 1.82) is 0 Å². The third-order valence-corrected chi connectivity index (χ3v) is 4.73. The molecule has 1 saturated carbocycles. The first-order valence-corrected chi connectivity index (χ1v) is 6.72. The molecule has 0 spiro atoms. The molecule has 0 aromatic heterocycles. The van der Waals surface area contributed by atoms with Gasteiger partial charge >= 0.3 is 0 Å². The molecule has 3 nitrogen and oxygen atoms in total. The van der Waals surface area contributed by atoms with E-state index in [-0.39, 0.29) is 0 Å². The van der Waals surface area contributed by atoms with Crippen molar-refractivity contribution in [1.82, 2.24) is 5.32 Å². The molecule has 1 aliphatic carbocycles. The summed E-state index contributed by atoms with van der Waals surface area (Å²) in [4.78, 5) is 0. The zero-order valence-corrected chi connectivity index (χ0v) is 12.1. The maximum absolute atomic E-state index is 5.50. The van der Waals surface area contributed by atoms with Gasteiger partial charge in [-0.05, 0) is 29.7 Å². The van der Waals surface area contributed by atoms with E-state index in [0.717, 1.165) is 45.2 Å². The molecule has 0 radical (unpaired) electrons. The molecule has 0 unspecified atom stereocenters. The average Bonchev–Trinajstić information content (AvgIpc) is 2.64. The predicted molar refractivity (Wildman–Crippen MR) is 71.2 cm³/mol. The lowest BCUT2D eigenvalue weighted by molar-refractivity contribution is 0.104. The largest absolute Gasteiger partial charge is 0.385 e. The minimum absolute atomic E-state index is 0.485. The normalized spacial score (nSPS) is 21.7. The summed E-state index contributed by atoms with van der Waals surface area (Å²) in [5, 5.41) is 3.49. The summed E-state index contributed by atoms with van der Waals surface area (Å²) in [6.45, 7) is 13.9. The smallest absolute Gasteiger partial charge is 0.0590 e. The molecule has 0 saturated heterocycles. The monoisotopic (exact) mass is 243 g/mol. The molecule has 102 valence electrons. The lowest BCUT2D eigenvalue weighted by Crippen LogP contribution is -2.24. The van der Waals surface area contributed by atoms with Crippen LogP contribution in [0, 0.1) is 16.7 Å². The number of hydrogen-bond acceptors (Lipinski definition) is 3. The van der Waals surface area contributed by atoms with Crippen LogP contribution < -0.4 is 5.32 Å². The Morgan fingerprint density at radius 2 is 1.65 bits per heavy atom. The Morgan fingerprint density at radius 1 is 1.00 bits per heavy atom. The molecule has 0 amide bonds. The lowest BCUT2D eigenvalue weighted by atomic mass is 10.0. The SMILES string of the molecule is COCCCOCCNCC1C(C)(C)C1(C)C. The molecule has 1 rings (SSSR count). The topological polar surface area (TPSA) is 30.5 Å². The van der Waals surface area contributed by atoms with Crippen LogP contribution in [-0.2, 0) is 9.47 Å². The molecular formula is C14H29NO2. The third kappa shape index (κ3) is 3.67. The third-order valence-electron chi connectivity index (χ3n) is 4.73. The van der Waals surface area contributed by atoms with E-state index < -0.39 is 0 Å². The fourth-order valence-corrected chi connectivity index (χ4v) is 2.64. The van der Waals surface area contributed by atoms with Crippen LogP contribution in [0.4, 0.5) is 0 Å². The number of nitrogens with one attached hydrogen (secondary N) is 1. The van der Waals surface area contributed by atoms with E-state index in [0.29, 0.717) is 10.8 Å². The molecule has 0 aromatic rings. The fourth-order valence-electron chi connectivity index (χ4n) is 2.64. The summed E-state index contributed by atoms with van der Waals surface area (Å²) < 4.78 is 10.5. The molecule has 1 fully saturated rings. The fraction of sp³-hybridized carbons (Fsp3) is 1.00. The van der Waals surface area contributed by atoms with E-state index in [2.05, 4.69) is 33.0 Å². The summed E-state index contributed by atoms with van der Waals surface area (Å²) in [6, 6.07) is 0. The Hall–Kier alpha value is -0.120. The van der Waals surface area contributed by atoms with Crippen LogP contribution >= 0.6 is 0 Å². The van der Waals surface area contributed by atoms with Crippen molar-refractivity contribution in [2.75, 3.05) is 40.0 Å². The first-order valence-electron chi connectivity index (χ1n) is 6.72. The van der Waals surface area contributed by atoms with E-state index >= 15 is 0 Å². The highest BCUT2D eigenvalue weighted by molar-refractivity contribution is 5.12. The van der Waals surface area contributed by atoms with Crippen molar-refractivity contribution in [3.05, 3.63) is 0 Å². The summed E-state index contributed by atoms with van der Waals surface area (Å²) in [5.41, 5.74) is 0.971. The van der Waals surface area contributed by atoms with Crippen LogP contribution in [0.1, 0.15) is 34.1 Å². The van der Waals surface area contributed by atoms with Gasteiger partial charge in [-0.25, -0.2) is 0 Å². The quantitative estimate of drug-likeness (QED) is 0.630. The Bertz CT molecular complexity index is 212. The minimum atomic E-state index is 0.485. The van der Waals surface area contributed by atoms with E-state index in [1.165, 1.54) is 0 Å². The van der Waals surface area contributed by atoms with E-state index in [1.54, 1.807) is 7.11 Å². The van der Waals surface area contributed by atoms with Gasteiger partial charge in [0.05, 0.1) is 6.61 Å². The highest BCUT2D eigenvalue weighted by atomic mass is 16.5. The van der Waals surface area contributed by atoms with Gasteiger partial charge in [0.15, 0.2) is 0 Å². The van der Waals surface area contributed by atoms with Crippen LogP contribution in [0.2, 0.25) is 0 Å². The highest BCUT2D eigenvalue weighted by Gasteiger charge is 2.63. The van der Waals surface area contributed by atoms with Crippen LogP contribution in [0.25, 0.3) is 0 Å². The van der Waals surface area contributed by atoms with Gasteiger partial charge in [-0.3, -0.25) is 0 Å². The second-order valence-corrected chi connectivity index (χ2v) is 6.16. The Kier molecular flexibility index (Phi) is 5.42. The molecular weight excluding hydrogens is 214 g/mol. The lowest BCUT2D eigenvalue weighted by Gasteiger charge is -2.07. The second kappa shape index (κ2) is 6.17. The Morgan fingerprint density at radius 3 is 2.18 bits per heavy atom. The molecule has 3 heteroatoms. The molecule has 1 N–H and O–H groups in total. The van der Waals surface area contributed by atoms with Crippen LogP contribution in [0.3, 0.4) is 0 Å². The molecule has 0 bridgehead atoms. The van der Waals surface area contributed by atoms with Gasteiger partial charge in [0.25, 0.3) is 0 Å². The number of hydrogen-bond donors (Lipinski definition) is 1. The van der Waals surface area contributed by atoms with Gasteiger partial charge < -0.3 is 14.8 Å². The molecule has 0 aliphatic heterocycles. The first kappa shape index (κ1) is 14.9. The predicted octanol–water partition coefficient (Wildman–Crippen LogP) is 2.31. The molecule has 0 heterocycles. The number of ether oxygens (including phenoxy) is 2. The van der Waals surface area contributed by atoms with Gasteiger partial charge in [0, 0.05) is 26.9 Å². The maximum Gasteiger partial charge on any atom is 0.0590 e. The van der Waals surface area contributed by atoms with Crippen LogP contribution in [0.15, 0.2) is 0 Å². The van der Waals surface area contributed by atoms with Crippen molar-refractivity contribution in [3.8, 4) is 0 Å².